The quantitative estimate of drug-likeness (QED) is 0.531. The van der Waals surface area contributed by atoms with Gasteiger partial charge in [0.15, 0.2) is 0 Å². The van der Waals surface area contributed by atoms with Crippen molar-refractivity contribution < 1.29 is 0 Å². The molecule has 2 aromatic heterocycles. The van der Waals surface area contributed by atoms with E-state index in [0.29, 0.717) is 12.5 Å². The normalized spacial score (nSPS) is 11.1. The number of rotatable bonds is 7. The first-order chi connectivity index (χ1) is 13.8. The maximum absolute atomic E-state index is 4.58. The predicted octanol–water partition coefficient (Wildman–Crippen LogP) is 4.01. The SMILES string of the molecule is CCc1nnc(NCc2ccc(Cn3cnc4ccccc43)cc2)nc1CC. The van der Waals surface area contributed by atoms with E-state index in [9.17, 15) is 0 Å². The zero-order valence-electron chi connectivity index (χ0n) is 16.3. The van der Waals surface area contributed by atoms with Gasteiger partial charge in [-0.05, 0) is 36.1 Å². The molecule has 0 unspecified atom stereocenters. The number of hydrogen-bond donors (Lipinski definition) is 1. The summed E-state index contributed by atoms with van der Waals surface area (Å²) in [5.41, 5.74) is 6.59. The standard InChI is InChI=1S/C22H24N6/c1-3-18-19(4-2)26-27-22(25-18)23-13-16-9-11-17(12-10-16)14-28-15-24-20-7-5-6-8-21(20)28/h5-12,15H,3-4,13-14H2,1-2H3,(H,23,25,27). The Morgan fingerprint density at radius 3 is 2.39 bits per heavy atom. The number of benzene rings is 2. The molecule has 2 aromatic carbocycles. The molecule has 0 fully saturated rings. The van der Waals surface area contributed by atoms with Gasteiger partial charge in [0.2, 0.25) is 5.95 Å². The molecule has 0 bridgehead atoms. The van der Waals surface area contributed by atoms with Crippen LogP contribution in [0.4, 0.5) is 5.95 Å². The molecule has 0 atom stereocenters. The van der Waals surface area contributed by atoms with Crippen LogP contribution < -0.4 is 5.32 Å². The Hall–Kier alpha value is -3.28. The zero-order chi connectivity index (χ0) is 19.3. The third kappa shape index (κ3) is 3.86. The summed E-state index contributed by atoms with van der Waals surface area (Å²) in [5.74, 6) is 0.586. The number of para-hydroxylation sites is 2. The minimum absolute atomic E-state index is 0.586. The van der Waals surface area contributed by atoms with Crippen LogP contribution in [0.25, 0.3) is 11.0 Å². The smallest absolute Gasteiger partial charge is 0.243 e. The number of hydrogen-bond acceptors (Lipinski definition) is 5. The maximum atomic E-state index is 4.58. The first-order valence-electron chi connectivity index (χ1n) is 9.70. The first-order valence-corrected chi connectivity index (χ1v) is 9.70. The summed E-state index contributed by atoms with van der Waals surface area (Å²) in [6, 6.07) is 16.8. The Morgan fingerprint density at radius 2 is 1.61 bits per heavy atom. The Balaban J connectivity index is 1.41. The lowest BCUT2D eigenvalue weighted by Crippen LogP contribution is -2.09. The average molecular weight is 372 g/mol. The van der Waals surface area contributed by atoms with Crippen LogP contribution in [0.2, 0.25) is 0 Å². The van der Waals surface area contributed by atoms with Crippen molar-refractivity contribution in [1.82, 2.24) is 24.7 Å². The topological polar surface area (TPSA) is 68.5 Å². The molecular formula is C22H24N6. The van der Waals surface area contributed by atoms with Gasteiger partial charge >= 0.3 is 0 Å². The van der Waals surface area contributed by atoms with Crippen LogP contribution in [0.1, 0.15) is 36.4 Å². The van der Waals surface area contributed by atoms with E-state index >= 15 is 0 Å². The van der Waals surface area contributed by atoms with Gasteiger partial charge in [-0.2, -0.15) is 5.10 Å². The molecule has 2 heterocycles. The van der Waals surface area contributed by atoms with Gasteiger partial charge in [0, 0.05) is 13.1 Å². The van der Waals surface area contributed by atoms with Crippen LogP contribution in [0.3, 0.4) is 0 Å². The lowest BCUT2D eigenvalue weighted by atomic mass is 10.1. The van der Waals surface area contributed by atoms with Crippen LogP contribution in [0.15, 0.2) is 54.9 Å². The fourth-order valence-corrected chi connectivity index (χ4v) is 3.29. The van der Waals surface area contributed by atoms with Gasteiger partial charge in [-0.3, -0.25) is 0 Å². The Bertz CT molecular complexity index is 1070. The van der Waals surface area contributed by atoms with Crippen molar-refractivity contribution in [2.75, 3.05) is 5.32 Å². The Labute approximate surface area is 164 Å². The van der Waals surface area contributed by atoms with Crippen molar-refractivity contribution in [1.29, 1.82) is 0 Å². The monoisotopic (exact) mass is 372 g/mol. The van der Waals surface area contributed by atoms with Crippen molar-refractivity contribution in [3.8, 4) is 0 Å². The number of nitrogens with zero attached hydrogens (tertiary/aromatic N) is 5. The van der Waals surface area contributed by atoms with Gasteiger partial charge in [-0.15, -0.1) is 5.10 Å². The third-order valence-electron chi connectivity index (χ3n) is 4.86. The summed E-state index contributed by atoms with van der Waals surface area (Å²) < 4.78 is 2.17. The summed E-state index contributed by atoms with van der Waals surface area (Å²) in [6.45, 7) is 5.64. The molecule has 0 radical (unpaired) electrons. The second-order valence-electron chi connectivity index (χ2n) is 6.77. The molecule has 0 aliphatic carbocycles. The summed E-state index contributed by atoms with van der Waals surface area (Å²) in [6.07, 6.45) is 3.62. The number of anilines is 1. The minimum Gasteiger partial charge on any atom is -0.349 e. The van der Waals surface area contributed by atoms with Gasteiger partial charge in [0.05, 0.1) is 28.7 Å². The highest BCUT2D eigenvalue weighted by Crippen LogP contribution is 2.15. The molecule has 4 rings (SSSR count). The summed E-state index contributed by atoms with van der Waals surface area (Å²) in [5, 5.41) is 11.7. The summed E-state index contributed by atoms with van der Waals surface area (Å²) in [4.78, 5) is 9.03. The van der Waals surface area contributed by atoms with Crippen molar-refractivity contribution in [2.45, 2.75) is 39.8 Å². The molecule has 0 saturated carbocycles. The fraction of sp³-hybridized carbons (Fsp3) is 0.273. The van der Waals surface area contributed by atoms with E-state index in [-0.39, 0.29) is 0 Å². The lowest BCUT2D eigenvalue weighted by Gasteiger charge is -2.09. The van der Waals surface area contributed by atoms with Gasteiger partial charge in [0.1, 0.15) is 0 Å². The number of nitrogens with one attached hydrogen (secondary N) is 1. The number of aryl methyl sites for hydroxylation is 2. The van der Waals surface area contributed by atoms with E-state index in [0.717, 1.165) is 41.8 Å². The molecule has 142 valence electrons. The molecule has 0 aliphatic heterocycles. The lowest BCUT2D eigenvalue weighted by molar-refractivity contribution is 0.817. The molecule has 0 amide bonds. The third-order valence-corrected chi connectivity index (χ3v) is 4.86. The molecule has 0 saturated heterocycles. The van der Waals surface area contributed by atoms with Gasteiger partial charge in [-0.1, -0.05) is 50.2 Å². The van der Waals surface area contributed by atoms with Crippen molar-refractivity contribution >= 4 is 17.0 Å². The highest BCUT2D eigenvalue weighted by Gasteiger charge is 2.06. The van der Waals surface area contributed by atoms with Crippen LogP contribution in [-0.2, 0) is 25.9 Å². The van der Waals surface area contributed by atoms with E-state index in [2.05, 4.69) is 74.2 Å². The van der Waals surface area contributed by atoms with Crippen LogP contribution in [0, 0.1) is 0 Å². The van der Waals surface area contributed by atoms with Crippen molar-refractivity contribution in [3.05, 3.63) is 77.4 Å². The van der Waals surface area contributed by atoms with E-state index in [1.807, 2.05) is 24.5 Å². The highest BCUT2D eigenvalue weighted by atomic mass is 15.2. The summed E-state index contributed by atoms with van der Waals surface area (Å²) in [7, 11) is 0. The highest BCUT2D eigenvalue weighted by molar-refractivity contribution is 5.75. The molecule has 1 N–H and O–H groups in total. The van der Waals surface area contributed by atoms with Gasteiger partial charge in [0.25, 0.3) is 0 Å². The summed E-state index contributed by atoms with van der Waals surface area (Å²) >= 11 is 0. The minimum atomic E-state index is 0.586. The predicted molar refractivity (Wildman–Crippen MR) is 111 cm³/mol. The molecule has 6 heteroatoms. The number of aromatic nitrogens is 5. The second kappa shape index (κ2) is 8.17. The molecule has 6 nitrogen and oxygen atoms in total. The van der Waals surface area contributed by atoms with E-state index in [1.54, 1.807) is 0 Å². The Kier molecular flexibility index (Phi) is 5.28. The molecule has 0 aliphatic rings. The number of imidazole rings is 1. The van der Waals surface area contributed by atoms with Gasteiger partial charge < -0.3 is 9.88 Å². The molecule has 28 heavy (non-hydrogen) atoms. The number of fused-ring (bicyclic) bond motifs is 1. The van der Waals surface area contributed by atoms with E-state index in [1.165, 1.54) is 11.1 Å². The first kappa shape index (κ1) is 18.1. The van der Waals surface area contributed by atoms with Crippen LogP contribution in [0.5, 0.6) is 0 Å². The molecule has 0 spiro atoms. The Morgan fingerprint density at radius 1 is 0.857 bits per heavy atom. The van der Waals surface area contributed by atoms with Crippen molar-refractivity contribution in [3.63, 3.8) is 0 Å². The molecular weight excluding hydrogens is 348 g/mol. The second-order valence-corrected chi connectivity index (χ2v) is 6.77. The van der Waals surface area contributed by atoms with E-state index < -0.39 is 0 Å². The van der Waals surface area contributed by atoms with Crippen LogP contribution >= 0.6 is 0 Å². The molecule has 4 aromatic rings. The van der Waals surface area contributed by atoms with Crippen LogP contribution in [-0.4, -0.2) is 24.7 Å². The van der Waals surface area contributed by atoms with Gasteiger partial charge in [-0.25, -0.2) is 9.97 Å². The van der Waals surface area contributed by atoms with Crippen molar-refractivity contribution in [2.24, 2.45) is 0 Å². The fourth-order valence-electron chi connectivity index (χ4n) is 3.29. The average Bonchev–Trinajstić information content (AvgIpc) is 3.16. The zero-order valence-corrected chi connectivity index (χ0v) is 16.3. The maximum Gasteiger partial charge on any atom is 0.243 e. The largest absolute Gasteiger partial charge is 0.349 e. The van der Waals surface area contributed by atoms with E-state index in [4.69, 9.17) is 0 Å².